The Labute approximate surface area is 120 Å². The summed E-state index contributed by atoms with van der Waals surface area (Å²) in [6.45, 7) is 4.65. The maximum Gasteiger partial charge on any atom is 0.258 e. The van der Waals surface area contributed by atoms with Crippen molar-refractivity contribution in [3.05, 3.63) is 28.5 Å². The van der Waals surface area contributed by atoms with E-state index in [9.17, 15) is 14.3 Å². The molecule has 1 rings (SSSR count). The van der Waals surface area contributed by atoms with Crippen LogP contribution in [0.25, 0.3) is 0 Å². The van der Waals surface area contributed by atoms with E-state index < -0.39 is 23.4 Å². The van der Waals surface area contributed by atoms with Crippen molar-refractivity contribution in [2.45, 2.75) is 32.4 Å². The maximum absolute atomic E-state index is 13.4. The van der Waals surface area contributed by atoms with Gasteiger partial charge in [-0.2, -0.15) is 0 Å². The fourth-order valence-corrected chi connectivity index (χ4v) is 1.57. The molecule has 0 saturated heterocycles. The van der Waals surface area contributed by atoms with Crippen LogP contribution in [-0.2, 0) is 4.79 Å². The lowest BCUT2D eigenvalue weighted by Crippen LogP contribution is -2.52. The van der Waals surface area contributed by atoms with Crippen molar-refractivity contribution in [1.29, 1.82) is 0 Å². The van der Waals surface area contributed by atoms with Crippen LogP contribution in [0.1, 0.15) is 20.8 Å². The molecule has 0 radical (unpaired) electrons. The van der Waals surface area contributed by atoms with Crippen LogP contribution in [0, 0.1) is 5.82 Å². The largest absolute Gasteiger partial charge is 0.481 e. The molecule has 106 valence electrons. The molecule has 1 atom stereocenters. The van der Waals surface area contributed by atoms with Gasteiger partial charge in [-0.25, -0.2) is 4.39 Å². The average Bonchev–Trinajstić information content (AvgIpc) is 2.27. The van der Waals surface area contributed by atoms with Gasteiger partial charge in [0.25, 0.3) is 5.91 Å². The third kappa shape index (κ3) is 4.80. The average molecular weight is 334 g/mol. The fraction of sp³-hybridized carbons (Fsp3) is 0.462. The first-order chi connectivity index (χ1) is 8.72. The Kier molecular flexibility index (Phi) is 5.31. The standard InChI is InChI=1S/C13H17BrFNO3/c1-8(17)13(2,3)16-12(18)7-19-11-5-4-9(14)6-10(11)15/h4-6,8,17H,7H2,1-3H3,(H,16,18). The summed E-state index contributed by atoms with van der Waals surface area (Å²) in [5.41, 5.74) is -0.765. The highest BCUT2D eigenvalue weighted by Crippen LogP contribution is 2.21. The van der Waals surface area contributed by atoms with Crippen molar-refractivity contribution < 1.29 is 19.0 Å². The van der Waals surface area contributed by atoms with Crippen LogP contribution in [0.3, 0.4) is 0 Å². The minimum atomic E-state index is -0.765. The lowest BCUT2D eigenvalue weighted by Gasteiger charge is -2.29. The number of carbonyl (C=O) groups is 1. The van der Waals surface area contributed by atoms with E-state index in [4.69, 9.17) is 4.74 Å². The number of hydrogen-bond acceptors (Lipinski definition) is 3. The van der Waals surface area contributed by atoms with Crippen molar-refractivity contribution in [2.75, 3.05) is 6.61 Å². The molecule has 4 nitrogen and oxygen atoms in total. The van der Waals surface area contributed by atoms with Crippen molar-refractivity contribution in [2.24, 2.45) is 0 Å². The Bertz CT molecular complexity index is 463. The van der Waals surface area contributed by atoms with E-state index in [0.717, 1.165) is 0 Å². The Morgan fingerprint density at radius 3 is 2.74 bits per heavy atom. The van der Waals surface area contributed by atoms with Gasteiger partial charge in [-0.1, -0.05) is 15.9 Å². The number of aliphatic hydroxyl groups is 1. The zero-order valence-corrected chi connectivity index (χ0v) is 12.6. The molecule has 0 aromatic heterocycles. The van der Waals surface area contributed by atoms with Gasteiger partial charge in [0.05, 0.1) is 11.6 Å². The van der Waals surface area contributed by atoms with E-state index in [1.165, 1.54) is 12.1 Å². The Morgan fingerprint density at radius 1 is 1.58 bits per heavy atom. The molecule has 0 aliphatic heterocycles. The quantitative estimate of drug-likeness (QED) is 0.868. The highest BCUT2D eigenvalue weighted by molar-refractivity contribution is 9.10. The van der Waals surface area contributed by atoms with Gasteiger partial charge in [-0.05, 0) is 39.0 Å². The molecular weight excluding hydrogens is 317 g/mol. The number of ether oxygens (including phenoxy) is 1. The number of aliphatic hydroxyl groups excluding tert-OH is 1. The monoisotopic (exact) mass is 333 g/mol. The predicted octanol–water partition coefficient (Wildman–Crippen LogP) is 2.24. The van der Waals surface area contributed by atoms with Crippen LogP contribution in [0.15, 0.2) is 22.7 Å². The Morgan fingerprint density at radius 2 is 2.21 bits per heavy atom. The maximum atomic E-state index is 13.4. The fourth-order valence-electron chi connectivity index (χ4n) is 1.24. The summed E-state index contributed by atoms with van der Waals surface area (Å²) in [5.74, 6) is -0.960. The third-order valence-electron chi connectivity index (χ3n) is 2.76. The summed E-state index contributed by atoms with van der Waals surface area (Å²) in [7, 11) is 0. The molecular formula is C13H17BrFNO3. The summed E-state index contributed by atoms with van der Waals surface area (Å²) in [5, 5.41) is 12.1. The van der Waals surface area contributed by atoms with Gasteiger partial charge in [0.1, 0.15) is 0 Å². The van der Waals surface area contributed by atoms with Crippen molar-refractivity contribution in [1.82, 2.24) is 5.32 Å². The summed E-state index contributed by atoms with van der Waals surface area (Å²) in [4.78, 5) is 11.6. The van der Waals surface area contributed by atoms with Crippen molar-refractivity contribution >= 4 is 21.8 Å². The molecule has 0 aliphatic rings. The van der Waals surface area contributed by atoms with Gasteiger partial charge in [0.15, 0.2) is 18.2 Å². The second kappa shape index (κ2) is 6.34. The SMILES string of the molecule is CC(O)C(C)(C)NC(=O)COc1ccc(Br)cc1F. The first-order valence-corrected chi connectivity index (χ1v) is 6.58. The molecule has 0 saturated carbocycles. The van der Waals surface area contributed by atoms with E-state index in [1.54, 1.807) is 26.8 Å². The van der Waals surface area contributed by atoms with Gasteiger partial charge in [0.2, 0.25) is 0 Å². The Hall–Kier alpha value is -1.14. The number of rotatable bonds is 5. The molecule has 19 heavy (non-hydrogen) atoms. The second-order valence-corrected chi connectivity index (χ2v) is 5.72. The number of hydrogen-bond donors (Lipinski definition) is 2. The summed E-state index contributed by atoms with van der Waals surface area (Å²) >= 11 is 3.13. The normalized spacial score (nSPS) is 12.9. The minimum absolute atomic E-state index is 0.00760. The molecule has 0 aliphatic carbocycles. The highest BCUT2D eigenvalue weighted by Gasteiger charge is 2.26. The van der Waals surface area contributed by atoms with E-state index in [1.807, 2.05) is 0 Å². The van der Waals surface area contributed by atoms with Crippen molar-refractivity contribution in [3.8, 4) is 5.75 Å². The summed E-state index contributed by atoms with van der Waals surface area (Å²) in [6, 6.07) is 4.32. The zero-order chi connectivity index (χ0) is 14.6. The third-order valence-corrected chi connectivity index (χ3v) is 3.25. The first kappa shape index (κ1) is 15.9. The van der Waals surface area contributed by atoms with Gasteiger partial charge >= 0.3 is 0 Å². The van der Waals surface area contributed by atoms with Crippen LogP contribution < -0.4 is 10.1 Å². The first-order valence-electron chi connectivity index (χ1n) is 5.79. The summed E-state index contributed by atoms with van der Waals surface area (Å²) < 4.78 is 19.1. The van der Waals surface area contributed by atoms with E-state index in [-0.39, 0.29) is 12.4 Å². The smallest absolute Gasteiger partial charge is 0.258 e. The molecule has 1 aromatic carbocycles. The molecule has 0 bridgehead atoms. The molecule has 2 N–H and O–H groups in total. The minimum Gasteiger partial charge on any atom is -0.481 e. The van der Waals surface area contributed by atoms with E-state index in [0.29, 0.717) is 4.47 Å². The number of halogens is 2. The van der Waals surface area contributed by atoms with Gasteiger partial charge in [-0.15, -0.1) is 0 Å². The van der Waals surface area contributed by atoms with Crippen LogP contribution in [-0.4, -0.2) is 29.3 Å². The number of benzene rings is 1. The van der Waals surface area contributed by atoms with Crippen molar-refractivity contribution in [3.63, 3.8) is 0 Å². The molecule has 0 fully saturated rings. The molecule has 6 heteroatoms. The van der Waals surface area contributed by atoms with Crippen LogP contribution in [0.4, 0.5) is 4.39 Å². The number of amides is 1. The molecule has 1 unspecified atom stereocenters. The second-order valence-electron chi connectivity index (χ2n) is 4.81. The molecule has 0 heterocycles. The van der Waals surface area contributed by atoms with E-state index in [2.05, 4.69) is 21.2 Å². The molecule has 1 aromatic rings. The lowest BCUT2D eigenvalue weighted by atomic mass is 9.99. The van der Waals surface area contributed by atoms with E-state index >= 15 is 0 Å². The van der Waals surface area contributed by atoms with Crippen LogP contribution in [0.5, 0.6) is 5.75 Å². The topological polar surface area (TPSA) is 58.6 Å². The summed E-state index contributed by atoms with van der Waals surface area (Å²) in [6.07, 6.45) is -0.708. The predicted molar refractivity (Wildman–Crippen MR) is 73.5 cm³/mol. The highest BCUT2D eigenvalue weighted by atomic mass is 79.9. The van der Waals surface area contributed by atoms with Crippen LogP contribution in [0.2, 0.25) is 0 Å². The van der Waals surface area contributed by atoms with Crippen LogP contribution >= 0.6 is 15.9 Å². The molecule has 0 spiro atoms. The van der Waals surface area contributed by atoms with Gasteiger partial charge < -0.3 is 15.2 Å². The lowest BCUT2D eigenvalue weighted by molar-refractivity contribution is -0.126. The zero-order valence-electron chi connectivity index (χ0n) is 11.0. The Balaban J connectivity index is 2.55. The van der Waals surface area contributed by atoms with Gasteiger partial charge in [-0.3, -0.25) is 4.79 Å². The number of carbonyl (C=O) groups excluding carboxylic acids is 1. The number of nitrogens with one attached hydrogen (secondary N) is 1. The molecule has 1 amide bonds. The van der Waals surface area contributed by atoms with Gasteiger partial charge in [0, 0.05) is 4.47 Å².